The van der Waals surface area contributed by atoms with E-state index in [1.54, 1.807) is 37.4 Å². The Morgan fingerprint density at radius 2 is 1.84 bits per heavy atom. The van der Waals surface area contributed by atoms with Crippen molar-refractivity contribution in [3.05, 3.63) is 48.5 Å². The van der Waals surface area contributed by atoms with E-state index in [4.69, 9.17) is 9.47 Å². The molecule has 0 bridgehead atoms. The lowest BCUT2D eigenvalue weighted by molar-refractivity contribution is -0.116. The third kappa shape index (κ3) is 6.62. The van der Waals surface area contributed by atoms with Gasteiger partial charge in [-0.25, -0.2) is 14.4 Å². The van der Waals surface area contributed by atoms with Crippen molar-refractivity contribution < 1.29 is 18.7 Å². The smallest absolute Gasteiger partial charge is 0.224 e. The molecule has 1 amide bonds. The molecular formula is C24H29FN4O3. The first-order chi connectivity index (χ1) is 15.5. The molecule has 1 aromatic heterocycles. The summed E-state index contributed by atoms with van der Waals surface area (Å²) in [7, 11) is 1.57. The molecule has 0 aliphatic heterocycles. The summed E-state index contributed by atoms with van der Waals surface area (Å²) in [5.41, 5.74) is 1.85. The third-order valence-corrected chi connectivity index (χ3v) is 4.84. The van der Waals surface area contributed by atoms with Crippen LogP contribution in [0.2, 0.25) is 0 Å². The minimum atomic E-state index is -0.483. The zero-order valence-corrected chi connectivity index (χ0v) is 18.7. The number of fused-ring (bicyclic) bond motifs is 1. The number of carbonyl (C=O) groups is 1. The maximum atomic E-state index is 14.8. The third-order valence-electron chi connectivity index (χ3n) is 4.84. The Kier molecular flexibility index (Phi) is 8.33. The molecule has 0 radical (unpaired) electrons. The van der Waals surface area contributed by atoms with E-state index in [0.29, 0.717) is 54.0 Å². The van der Waals surface area contributed by atoms with Gasteiger partial charge < -0.3 is 20.1 Å². The number of aromatic nitrogens is 2. The number of hydrogen-bond donors (Lipinski definition) is 2. The highest BCUT2D eigenvalue weighted by Crippen LogP contribution is 2.29. The van der Waals surface area contributed by atoms with Gasteiger partial charge in [0.25, 0.3) is 0 Å². The maximum Gasteiger partial charge on any atom is 0.224 e. The fourth-order valence-electron chi connectivity index (χ4n) is 3.21. The van der Waals surface area contributed by atoms with E-state index in [-0.39, 0.29) is 11.3 Å². The second-order valence-corrected chi connectivity index (χ2v) is 7.90. The molecule has 0 spiro atoms. The van der Waals surface area contributed by atoms with Gasteiger partial charge in [0.05, 0.1) is 17.5 Å². The Hall–Kier alpha value is -3.26. The minimum Gasteiger partial charge on any atom is -0.491 e. The van der Waals surface area contributed by atoms with Crippen LogP contribution in [0.3, 0.4) is 0 Å². The summed E-state index contributed by atoms with van der Waals surface area (Å²) in [4.78, 5) is 20.4. The minimum absolute atomic E-state index is 0.00116. The Bertz CT molecular complexity index is 1040. The van der Waals surface area contributed by atoms with Crippen molar-refractivity contribution in [2.75, 3.05) is 31.0 Å². The van der Waals surface area contributed by atoms with Crippen LogP contribution in [0.5, 0.6) is 5.75 Å². The number of amides is 1. The summed E-state index contributed by atoms with van der Waals surface area (Å²) < 4.78 is 25.2. The van der Waals surface area contributed by atoms with E-state index in [1.807, 2.05) is 0 Å². The van der Waals surface area contributed by atoms with E-state index >= 15 is 0 Å². The van der Waals surface area contributed by atoms with Gasteiger partial charge in [-0.15, -0.1) is 0 Å². The highest BCUT2D eigenvalue weighted by atomic mass is 19.1. The van der Waals surface area contributed by atoms with Crippen molar-refractivity contribution >= 4 is 34.0 Å². The normalized spacial score (nSPS) is 11.0. The summed E-state index contributed by atoms with van der Waals surface area (Å²) in [5, 5.41) is 6.29. The van der Waals surface area contributed by atoms with Crippen LogP contribution in [-0.4, -0.2) is 36.2 Å². The molecule has 0 aliphatic rings. The van der Waals surface area contributed by atoms with E-state index in [1.165, 1.54) is 12.4 Å². The topological polar surface area (TPSA) is 85.4 Å². The fraction of sp³-hybridized carbons (Fsp3) is 0.375. The molecule has 0 saturated heterocycles. The summed E-state index contributed by atoms with van der Waals surface area (Å²) in [6.07, 6.45) is 3.77. The van der Waals surface area contributed by atoms with Gasteiger partial charge in [0, 0.05) is 37.0 Å². The van der Waals surface area contributed by atoms with Gasteiger partial charge >= 0.3 is 0 Å². The second-order valence-electron chi connectivity index (χ2n) is 7.90. The first kappa shape index (κ1) is 23.4. The van der Waals surface area contributed by atoms with Crippen molar-refractivity contribution in [2.45, 2.75) is 33.1 Å². The molecule has 7 nitrogen and oxygen atoms in total. The molecule has 3 aromatic rings. The molecule has 0 fully saturated rings. The van der Waals surface area contributed by atoms with E-state index in [9.17, 15) is 9.18 Å². The lowest BCUT2D eigenvalue weighted by Gasteiger charge is -2.12. The summed E-state index contributed by atoms with van der Waals surface area (Å²) in [6.45, 7) is 5.01. The number of rotatable bonds is 11. The van der Waals surface area contributed by atoms with Crippen LogP contribution >= 0.6 is 0 Å². The number of carbonyl (C=O) groups excluding carboxylic acids is 1. The predicted octanol–water partition coefficient (Wildman–Crippen LogP) is 5.30. The molecule has 1 heterocycles. The predicted molar refractivity (Wildman–Crippen MR) is 124 cm³/mol. The molecule has 3 rings (SSSR count). The quantitative estimate of drug-likeness (QED) is 0.394. The molecule has 0 aliphatic carbocycles. The van der Waals surface area contributed by atoms with Crippen LogP contribution in [0.4, 0.5) is 21.6 Å². The molecule has 0 saturated carbocycles. The summed E-state index contributed by atoms with van der Waals surface area (Å²) >= 11 is 0. The van der Waals surface area contributed by atoms with Crippen LogP contribution < -0.4 is 15.4 Å². The fourth-order valence-corrected chi connectivity index (χ4v) is 3.21. The Balaban J connectivity index is 1.67. The SMILES string of the molecule is COCCOc1cc(F)c2c(Nc3ccc(NC(=O)CCCC(C)C)cc3)ncnc2c1. The summed E-state index contributed by atoms with van der Waals surface area (Å²) in [6, 6.07) is 10.2. The standard InChI is InChI=1S/C24H29FN4O3/c1-16(2)5-4-6-22(30)28-17-7-9-18(10-8-17)29-24-23-20(25)13-19(32-12-11-31-3)14-21(23)26-15-27-24/h7-10,13-16H,4-6,11-12H2,1-3H3,(H,28,30)(H,26,27,29). The Labute approximate surface area is 187 Å². The van der Waals surface area contributed by atoms with Gasteiger partial charge in [0.1, 0.15) is 30.3 Å². The van der Waals surface area contributed by atoms with Gasteiger partial charge in [-0.05, 0) is 36.6 Å². The largest absolute Gasteiger partial charge is 0.491 e. The van der Waals surface area contributed by atoms with Crippen LogP contribution in [0.15, 0.2) is 42.7 Å². The van der Waals surface area contributed by atoms with Crippen molar-refractivity contribution in [3.8, 4) is 5.75 Å². The summed E-state index contributed by atoms with van der Waals surface area (Å²) in [5.74, 6) is 0.833. The number of methoxy groups -OCH3 is 1. The molecule has 2 N–H and O–H groups in total. The first-order valence-electron chi connectivity index (χ1n) is 10.7. The van der Waals surface area contributed by atoms with Crippen molar-refractivity contribution in [2.24, 2.45) is 5.92 Å². The molecule has 0 atom stereocenters. The molecule has 32 heavy (non-hydrogen) atoms. The van der Waals surface area contributed by atoms with E-state index in [0.717, 1.165) is 12.8 Å². The second kappa shape index (κ2) is 11.4. The average molecular weight is 441 g/mol. The lowest BCUT2D eigenvalue weighted by atomic mass is 10.1. The highest BCUT2D eigenvalue weighted by Gasteiger charge is 2.12. The molecule has 0 unspecified atom stereocenters. The maximum absolute atomic E-state index is 14.8. The van der Waals surface area contributed by atoms with Crippen LogP contribution in [0.1, 0.15) is 33.1 Å². The number of nitrogens with zero attached hydrogens (tertiary/aromatic N) is 2. The van der Waals surface area contributed by atoms with Crippen molar-refractivity contribution in [3.63, 3.8) is 0 Å². The molecule has 2 aromatic carbocycles. The number of halogens is 1. The van der Waals surface area contributed by atoms with Crippen LogP contribution in [-0.2, 0) is 9.53 Å². The van der Waals surface area contributed by atoms with Gasteiger partial charge in [-0.3, -0.25) is 4.79 Å². The van der Waals surface area contributed by atoms with Crippen molar-refractivity contribution in [1.29, 1.82) is 0 Å². The number of ether oxygens (including phenoxy) is 2. The van der Waals surface area contributed by atoms with Gasteiger partial charge in [-0.2, -0.15) is 0 Å². The molecule has 170 valence electrons. The molecule has 8 heteroatoms. The highest BCUT2D eigenvalue weighted by molar-refractivity contribution is 5.93. The van der Waals surface area contributed by atoms with Crippen LogP contribution in [0.25, 0.3) is 10.9 Å². The number of benzene rings is 2. The number of anilines is 3. The first-order valence-corrected chi connectivity index (χ1v) is 10.7. The Morgan fingerprint density at radius 1 is 1.09 bits per heavy atom. The van der Waals surface area contributed by atoms with E-state index in [2.05, 4.69) is 34.4 Å². The lowest BCUT2D eigenvalue weighted by Crippen LogP contribution is -2.11. The number of nitrogens with one attached hydrogen (secondary N) is 2. The number of hydrogen-bond acceptors (Lipinski definition) is 6. The van der Waals surface area contributed by atoms with Gasteiger partial charge in [0.15, 0.2) is 0 Å². The zero-order chi connectivity index (χ0) is 22.9. The zero-order valence-electron chi connectivity index (χ0n) is 18.7. The molecular weight excluding hydrogens is 411 g/mol. The average Bonchev–Trinajstić information content (AvgIpc) is 2.75. The van der Waals surface area contributed by atoms with E-state index < -0.39 is 5.82 Å². The van der Waals surface area contributed by atoms with Gasteiger partial charge in [-0.1, -0.05) is 20.3 Å². The van der Waals surface area contributed by atoms with Gasteiger partial charge in [0.2, 0.25) is 5.91 Å². The van der Waals surface area contributed by atoms with Crippen molar-refractivity contribution in [1.82, 2.24) is 9.97 Å². The van der Waals surface area contributed by atoms with Crippen LogP contribution in [0, 0.1) is 11.7 Å². The Morgan fingerprint density at radius 3 is 2.56 bits per heavy atom. The monoisotopic (exact) mass is 440 g/mol.